The zero-order valence-electron chi connectivity index (χ0n) is 20.1. The number of ether oxygens (including phenoxy) is 1. The summed E-state index contributed by atoms with van der Waals surface area (Å²) < 4.78 is 5.28. The molecule has 8 heteroatoms. The van der Waals surface area contributed by atoms with Crippen LogP contribution in [0.25, 0.3) is 0 Å². The second-order valence-corrected chi connectivity index (χ2v) is 13.4. The van der Waals surface area contributed by atoms with Gasteiger partial charge in [-0.3, -0.25) is 4.90 Å². The molecule has 0 unspecified atom stereocenters. The second-order valence-electron chi connectivity index (χ2n) is 7.59. The van der Waals surface area contributed by atoms with Crippen molar-refractivity contribution >= 4 is 55.0 Å². The molecule has 1 N–H and O–H groups in total. The number of halogens is 2. The summed E-state index contributed by atoms with van der Waals surface area (Å²) in [6.45, 7) is 7.42. The molecule has 1 heterocycles. The molecule has 1 saturated heterocycles. The normalized spacial score (nSPS) is 13.5. The summed E-state index contributed by atoms with van der Waals surface area (Å²) in [5.74, 6) is 1.21. The van der Waals surface area contributed by atoms with E-state index < -0.39 is 7.92 Å². The van der Waals surface area contributed by atoms with Gasteiger partial charge in [0.25, 0.3) is 0 Å². The summed E-state index contributed by atoms with van der Waals surface area (Å²) in [5.41, 5.74) is 0. The van der Waals surface area contributed by atoms with E-state index in [-0.39, 0.29) is 15.1 Å². The minimum atomic E-state index is -0.446. The Bertz CT molecular complexity index is 784. The smallest absolute Gasteiger partial charge is 0.0134 e. The first-order chi connectivity index (χ1) is 17.3. The van der Waals surface area contributed by atoms with Crippen molar-refractivity contribution in [2.75, 3.05) is 57.9 Å². The van der Waals surface area contributed by atoms with Gasteiger partial charge in [0, 0.05) is 38.5 Å². The van der Waals surface area contributed by atoms with Crippen molar-refractivity contribution in [3.05, 3.63) is 91.0 Å². The van der Waals surface area contributed by atoms with Crippen molar-refractivity contribution < 1.29 is 19.9 Å². The molecule has 0 saturated carbocycles. The van der Waals surface area contributed by atoms with Gasteiger partial charge in [0.15, 0.2) is 0 Å². The van der Waals surface area contributed by atoms with Gasteiger partial charge in [-0.05, 0) is 30.1 Å². The first-order valence-corrected chi connectivity index (χ1v) is 18.8. The van der Waals surface area contributed by atoms with Gasteiger partial charge in [0.05, 0.1) is 13.2 Å². The van der Waals surface area contributed by atoms with Crippen LogP contribution >= 0.6 is 39.1 Å². The fraction of sp³-hybridized carbons (Fsp3) is 0.333. The topological polar surface area (TPSA) is 24.5 Å². The minimum Gasteiger partial charge on any atom is -0.0622 e. The van der Waals surface area contributed by atoms with Gasteiger partial charge in [-0.1, -0.05) is 91.0 Å². The Morgan fingerprint density at radius 3 is 1.63 bits per heavy atom. The second kappa shape index (κ2) is 20.6. The van der Waals surface area contributed by atoms with Crippen LogP contribution in [0.3, 0.4) is 0 Å². The molecular formula is C27H35Cl2N2OPRuS. The molecule has 0 radical (unpaired) electrons. The van der Waals surface area contributed by atoms with Gasteiger partial charge < -0.3 is 10.1 Å². The molecule has 4 rings (SSSR count). The van der Waals surface area contributed by atoms with E-state index in [4.69, 9.17) is 24.1 Å². The number of hydrogen-bond acceptors (Lipinski definition) is 4. The standard InChI is InChI=1S/C18H15P.C9H20N2OS.2ClH.Ru/c1-4-10-16(11-5-1)19(17-12-6-2-7-13-17)18-14-8-3-9-15-18;1-13-9-3-10-2-4-11-5-7-12-8-6-11;;;/h1-15H;10H,2-9H2,1H3;2*1H;/q;;;;+2/p-2. The van der Waals surface area contributed by atoms with Gasteiger partial charge in [0.1, 0.15) is 0 Å². The van der Waals surface area contributed by atoms with E-state index >= 15 is 0 Å². The average Bonchev–Trinajstić information content (AvgIpc) is 2.92. The third-order valence-corrected chi connectivity index (χ3v) is 8.29. The first-order valence-electron chi connectivity index (χ1n) is 11.6. The van der Waals surface area contributed by atoms with Crippen molar-refractivity contribution in [3.8, 4) is 0 Å². The Balaban J connectivity index is 0.000000236. The summed E-state index contributed by atoms with van der Waals surface area (Å²) >= 11 is 1.55. The van der Waals surface area contributed by atoms with E-state index in [0.29, 0.717) is 0 Å². The van der Waals surface area contributed by atoms with E-state index in [9.17, 15) is 0 Å². The number of nitrogens with zero attached hydrogens (tertiary/aromatic N) is 1. The van der Waals surface area contributed by atoms with Crippen LogP contribution < -0.4 is 21.2 Å². The number of morpholine rings is 1. The molecule has 0 bridgehead atoms. The third-order valence-electron chi connectivity index (χ3n) is 5.23. The average molecular weight is 639 g/mol. The number of rotatable bonds is 9. The van der Waals surface area contributed by atoms with Gasteiger partial charge in [-0.25, -0.2) is 0 Å². The first kappa shape index (κ1) is 30.7. The molecule has 0 aliphatic carbocycles. The molecule has 0 atom stereocenters. The van der Waals surface area contributed by atoms with E-state index in [1.165, 1.54) is 21.7 Å². The molecule has 192 valence electrons. The van der Waals surface area contributed by atoms with Gasteiger partial charge in [0.2, 0.25) is 0 Å². The Labute approximate surface area is 232 Å². The molecular weight excluding hydrogens is 603 g/mol. The van der Waals surface area contributed by atoms with Crippen molar-refractivity contribution in [1.82, 2.24) is 10.2 Å². The fourth-order valence-corrected chi connectivity index (χ4v) is 6.19. The largest absolute Gasteiger partial charge is 0.0622 e. The van der Waals surface area contributed by atoms with Crippen molar-refractivity contribution in [1.29, 1.82) is 0 Å². The molecule has 1 aliphatic rings. The van der Waals surface area contributed by atoms with Gasteiger partial charge >= 0.3 is 34.5 Å². The Morgan fingerprint density at radius 1 is 0.800 bits per heavy atom. The minimum absolute atomic E-state index is 0.346. The van der Waals surface area contributed by atoms with E-state index in [1.54, 1.807) is 0 Å². The number of benzene rings is 3. The van der Waals surface area contributed by atoms with Crippen LogP contribution in [0.1, 0.15) is 0 Å². The predicted octanol–water partition coefficient (Wildman–Crippen LogP) is 5.09. The Kier molecular flexibility index (Phi) is 18.1. The maximum Gasteiger partial charge on any atom is -0.0134 e. The van der Waals surface area contributed by atoms with Crippen LogP contribution in [0, 0.1) is 0 Å². The SMILES string of the molecule is CSCCNCCN1CCOCC1.[Cl][Ru][Cl].c1ccc(P(c2ccccc2)c2ccccc2)cc1. The Hall–Kier alpha value is -0.477. The summed E-state index contributed by atoms with van der Waals surface area (Å²) in [4.78, 5) is 2.45. The molecule has 35 heavy (non-hydrogen) atoms. The van der Waals surface area contributed by atoms with Crippen molar-refractivity contribution in [3.63, 3.8) is 0 Å². The van der Waals surface area contributed by atoms with E-state index in [0.717, 1.165) is 45.9 Å². The van der Waals surface area contributed by atoms with Crippen molar-refractivity contribution in [2.24, 2.45) is 0 Å². The van der Waals surface area contributed by atoms with E-state index in [1.807, 2.05) is 11.8 Å². The number of nitrogens with one attached hydrogen (secondary N) is 1. The molecule has 0 spiro atoms. The molecule has 3 aromatic rings. The predicted molar refractivity (Wildman–Crippen MR) is 155 cm³/mol. The molecule has 1 fully saturated rings. The Morgan fingerprint density at radius 2 is 1.23 bits per heavy atom. The van der Waals surface area contributed by atoms with Crippen LogP contribution in [-0.2, 0) is 19.9 Å². The quantitative estimate of drug-likeness (QED) is 0.201. The van der Waals surface area contributed by atoms with E-state index in [2.05, 4.69) is 107 Å². The summed E-state index contributed by atoms with van der Waals surface area (Å²) in [7, 11) is 9.26. The number of thioether (sulfide) groups is 1. The number of hydrogen-bond donors (Lipinski definition) is 1. The summed E-state index contributed by atoms with van der Waals surface area (Å²) in [5, 5.41) is 7.62. The van der Waals surface area contributed by atoms with Crippen molar-refractivity contribution in [2.45, 2.75) is 0 Å². The van der Waals surface area contributed by atoms with Gasteiger partial charge in [-0.15, -0.1) is 0 Å². The third kappa shape index (κ3) is 13.1. The zero-order valence-corrected chi connectivity index (χ0v) is 25.1. The van der Waals surface area contributed by atoms with Crippen LogP contribution in [0.15, 0.2) is 91.0 Å². The van der Waals surface area contributed by atoms with Crippen LogP contribution in [0.5, 0.6) is 0 Å². The molecule has 3 aromatic carbocycles. The maximum atomic E-state index is 5.28. The summed E-state index contributed by atoms with van der Waals surface area (Å²) in [6.07, 6.45) is 2.14. The van der Waals surface area contributed by atoms with Crippen LogP contribution in [-0.4, -0.2) is 62.8 Å². The molecule has 0 amide bonds. The maximum absolute atomic E-state index is 5.28. The van der Waals surface area contributed by atoms with Crippen LogP contribution in [0.4, 0.5) is 0 Å². The summed E-state index contributed by atoms with van der Waals surface area (Å²) in [6, 6.07) is 32.3. The zero-order chi connectivity index (χ0) is 25.0. The van der Waals surface area contributed by atoms with Crippen LogP contribution in [0.2, 0.25) is 0 Å². The molecule has 1 aliphatic heterocycles. The molecule has 3 nitrogen and oxygen atoms in total. The van der Waals surface area contributed by atoms with Gasteiger partial charge in [-0.2, -0.15) is 11.8 Å². The molecule has 0 aromatic heterocycles. The fourth-order valence-electron chi connectivity index (χ4n) is 3.54. The monoisotopic (exact) mass is 638 g/mol.